The number of alkyl halides is 2. The van der Waals surface area contributed by atoms with Crippen LogP contribution in [-0.2, 0) is 0 Å². The van der Waals surface area contributed by atoms with E-state index in [4.69, 9.17) is 5.73 Å². The number of pyridine rings is 1. The van der Waals surface area contributed by atoms with Gasteiger partial charge < -0.3 is 26.1 Å². The Kier molecular flexibility index (Phi) is 5.67. The van der Waals surface area contributed by atoms with Gasteiger partial charge in [0, 0.05) is 28.5 Å². The SMILES string of the molecule is NC(=O)c1[nH]c2cnccc2c1-c1ccc(NC(=O)Nc2ccc(OC(F)F)cc2)cc1. The fourth-order valence-corrected chi connectivity index (χ4v) is 3.26. The van der Waals surface area contributed by atoms with Crippen molar-refractivity contribution in [3.63, 3.8) is 0 Å². The Labute approximate surface area is 180 Å². The summed E-state index contributed by atoms with van der Waals surface area (Å²) in [4.78, 5) is 31.1. The molecule has 10 heteroatoms. The summed E-state index contributed by atoms with van der Waals surface area (Å²) in [6, 6.07) is 13.7. The summed E-state index contributed by atoms with van der Waals surface area (Å²) in [5.41, 5.74) is 8.76. The lowest BCUT2D eigenvalue weighted by atomic mass is 10.0. The summed E-state index contributed by atoms with van der Waals surface area (Å²) in [6.07, 6.45) is 3.23. The van der Waals surface area contributed by atoms with Gasteiger partial charge in [-0.25, -0.2) is 4.79 Å². The van der Waals surface area contributed by atoms with Crippen molar-refractivity contribution < 1.29 is 23.1 Å². The van der Waals surface area contributed by atoms with Crippen LogP contribution in [0.1, 0.15) is 10.5 Å². The summed E-state index contributed by atoms with van der Waals surface area (Å²) in [6.45, 7) is -2.92. The van der Waals surface area contributed by atoms with Crippen LogP contribution in [0.2, 0.25) is 0 Å². The number of nitrogens with zero attached hydrogens (tertiary/aromatic N) is 1. The van der Waals surface area contributed by atoms with Crippen LogP contribution in [0.4, 0.5) is 25.0 Å². The zero-order valence-electron chi connectivity index (χ0n) is 16.4. The third-order valence-electron chi connectivity index (χ3n) is 4.62. The quantitative estimate of drug-likeness (QED) is 0.353. The minimum absolute atomic E-state index is 0.00932. The maximum atomic E-state index is 12.2. The van der Waals surface area contributed by atoms with E-state index in [2.05, 4.69) is 25.3 Å². The molecule has 2 heterocycles. The van der Waals surface area contributed by atoms with E-state index < -0.39 is 18.5 Å². The van der Waals surface area contributed by atoms with Gasteiger partial charge in [-0.3, -0.25) is 9.78 Å². The van der Waals surface area contributed by atoms with E-state index in [0.29, 0.717) is 22.5 Å². The third-order valence-corrected chi connectivity index (χ3v) is 4.62. The van der Waals surface area contributed by atoms with Gasteiger partial charge in [-0.2, -0.15) is 8.78 Å². The second kappa shape index (κ2) is 8.72. The first kappa shape index (κ1) is 20.8. The number of ether oxygens (including phenoxy) is 1. The number of aromatic nitrogens is 2. The molecule has 0 saturated carbocycles. The van der Waals surface area contributed by atoms with E-state index >= 15 is 0 Å². The normalized spacial score (nSPS) is 10.8. The topological polar surface area (TPSA) is 122 Å². The number of rotatable bonds is 6. The van der Waals surface area contributed by atoms with Gasteiger partial charge in [-0.15, -0.1) is 0 Å². The van der Waals surface area contributed by atoms with Crippen LogP contribution >= 0.6 is 0 Å². The molecule has 0 fully saturated rings. The average molecular weight is 437 g/mol. The molecule has 4 aromatic rings. The summed E-state index contributed by atoms with van der Waals surface area (Å²) in [7, 11) is 0. The van der Waals surface area contributed by atoms with Crippen molar-refractivity contribution in [2.45, 2.75) is 6.61 Å². The van der Waals surface area contributed by atoms with E-state index in [0.717, 1.165) is 10.9 Å². The highest BCUT2D eigenvalue weighted by atomic mass is 19.3. The molecule has 32 heavy (non-hydrogen) atoms. The van der Waals surface area contributed by atoms with Crippen LogP contribution in [0.15, 0.2) is 67.0 Å². The van der Waals surface area contributed by atoms with E-state index in [-0.39, 0.29) is 11.4 Å². The Morgan fingerprint density at radius 3 is 2.19 bits per heavy atom. The third kappa shape index (κ3) is 4.48. The highest BCUT2D eigenvalue weighted by Gasteiger charge is 2.17. The van der Waals surface area contributed by atoms with Gasteiger partial charge >= 0.3 is 12.6 Å². The number of fused-ring (bicyclic) bond motifs is 1. The van der Waals surface area contributed by atoms with E-state index in [9.17, 15) is 18.4 Å². The van der Waals surface area contributed by atoms with Crippen molar-refractivity contribution in [1.82, 2.24) is 9.97 Å². The highest BCUT2D eigenvalue weighted by Crippen LogP contribution is 2.32. The number of anilines is 2. The van der Waals surface area contributed by atoms with Crippen molar-refractivity contribution >= 4 is 34.2 Å². The maximum Gasteiger partial charge on any atom is 0.387 e. The zero-order chi connectivity index (χ0) is 22.7. The molecule has 5 N–H and O–H groups in total. The number of hydrogen-bond acceptors (Lipinski definition) is 4. The maximum absolute atomic E-state index is 12.2. The number of H-pyrrole nitrogens is 1. The largest absolute Gasteiger partial charge is 0.435 e. The fourth-order valence-electron chi connectivity index (χ4n) is 3.26. The number of hydrogen-bond donors (Lipinski definition) is 4. The lowest BCUT2D eigenvalue weighted by Gasteiger charge is -2.10. The molecule has 0 saturated heterocycles. The Morgan fingerprint density at radius 1 is 0.969 bits per heavy atom. The predicted octanol–water partition coefficient (Wildman–Crippen LogP) is 4.57. The average Bonchev–Trinajstić information content (AvgIpc) is 3.15. The number of amides is 3. The van der Waals surface area contributed by atoms with Crippen LogP contribution in [0.25, 0.3) is 22.0 Å². The van der Waals surface area contributed by atoms with Crippen molar-refractivity contribution in [2.24, 2.45) is 5.73 Å². The molecule has 0 atom stereocenters. The molecule has 0 aliphatic rings. The number of urea groups is 1. The van der Waals surface area contributed by atoms with Gasteiger partial charge in [0.15, 0.2) is 0 Å². The van der Waals surface area contributed by atoms with Crippen molar-refractivity contribution in [3.8, 4) is 16.9 Å². The molecule has 4 rings (SSSR count). The van der Waals surface area contributed by atoms with Crippen LogP contribution < -0.4 is 21.1 Å². The molecule has 2 aromatic heterocycles. The van der Waals surface area contributed by atoms with Gasteiger partial charge in [-0.1, -0.05) is 12.1 Å². The summed E-state index contributed by atoms with van der Waals surface area (Å²) in [5, 5.41) is 6.07. The van der Waals surface area contributed by atoms with E-state index in [1.165, 1.54) is 24.3 Å². The van der Waals surface area contributed by atoms with Crippen molar-refractivity contribution in [3.05, 3.63) is 72.7 Å². The van der Waals surface area contributed by atoms with Gasteiger partial charge in [0.1, 0.15) is 11.4 Å². The van der Waals surface area contributed by atoms with Gasteiger partial charge in [-0.05, 0) is 48.0 Å². The molecule has 0 aliphatic heterocycles. The summed E-state index contributed by atoms with van der Waals surface area (Å²) in [5.74, 6) is -0.604. The second-order valence-corrected chi connectivity index (χ2v) is 6.72. The molecule has 0 unspecified atom stereocenters. The Hall–Kier alpha value is -4.47. The minimum atomic E-state index is -2.92. The number of halogens is 2. The molecule has 162 valence electrons. The smallest absolute Gasteiger partial charge is 0.387 e. The van der Waals surface area contributed by atoms with Crippen LogP contribution in [0.3, 0.4) is 0 Å². The molecule has 3 amide bonds. The first-order valence-electron chi connectivity index (χ1n) is 9.39. The first-order valence-corrected chi connectivity index (χ1v) is 9.39. The second-order valence-electron chi connectivity index (χ2n) is 6.72. The zero-order valence-corrected chi connectivity index (χ0v) is 16.4. The van der Waals surface area contributed by atoms with Gasteiger partial charge in [0.25, 0.3) is 5.91 Å². The van der Waals surface area contributed by atoms with Crippen molar-refractivity contribution in [1.29, 1.82) is 0 Å². The highest BCUT2D eigenvalue weighted by molar-refractivity contribution is 6.09. The fraction of sp³-hybridized carbons (Fsp3) is 0.0455. The summed E-state index contributed by atoms with van der Waals surface area (Å²) >= 11 is 0. The Morgan fingerprint density at radius 2 is 1.59 bits per heavy atom. The molecule has 0 radical (unpaired) electrons. The van der Waals surface area contributed by atoms with Gasteiger partial charge in [0.2, 0.25) is 0 Å². The molecule has 8 nitrogen and oxygen atoms in total. The van der Waals surface area contributed by atoms with E-state index in [1.807, 2.05) is 0 Å². The molecule has 0 aliphatic carbocycles. The lowest BCUT2D eigenvalue weighted by Crippen LogP contribution is -2.19. The molecular weight excluding hydrogens is 420 g/mol. The van der Waals surface area contributed by atoms with E-state index in [1.54, 1.807) is 42.7 Å². The van der Waals surface area contributed by atoms with Crippen LogP contribution in [0.5, 0.6) is 5.75 Å². The lowest BCUT2D eigenvalue weighted by molar-refractivity contribution is -0.0498. The standard InChI is InChI=1S/C22H17F2N5O3/c23-21(24)32-15-7-5-14(6-8-15)28-22(31)27-13-3-1-12(2-4-13)18-16-9-10-26-11-17(16)29-19(18)20(25)30/h1-11,21,29H,(H2,25,30)(H2,27,28,31). The van der Waals surface area contributed by atoms with Gasteiger partial charge in [0.05, 0.1) is 11.7 Å². The number of nitrogens with one attached hydrogen (secondary N) is 3. The molecule has 0 spiro atoms. The number of aromatic amines is 1. The minimum Gasteiger partial charge on any atom is -0.435 e. The number of carbonyl (C=O) groups is 2. The van der Waals surface area contributed by atoms with Crippen LogP contribution in [0, 0.1) is 0 Å². The summed E-state index contributed by atoms with van der Waals surface area (Å²) < 4.78 is 28.7. The van der Waals surface area contributed by atoms with Crippen molar-refractivity contribution in [2.75, 3.05) is 10.6 Å². The monoisotopic (exact) mass is 437 g/mol. The Balaban J connectivity index is 1.48. The predicted molar refractivity (Wildman–Crippen MR) is 116 cm³/mol. The molecule has 0 bridgehead atoms. The molecular formula is C22H17F2N5O3. The number of primary amides is 1. The molecule has 2 aromatic carbocycles. The van der Waals surface area contributed by atoms with Crippen LogP contribution in [-0.4, -0.2) is 28.5 Å². The number of benzene rings is 2. The first-order chi connectivity index (χ1) is 15.4. The Bertz CT molecular complexity index is 1270. The number of carbonyl (C=O) groups excluding carboxylic acids is 2. The number of nitrogens with two attached hydrogens (primary N) is 1.